The fourth-order valence-electron chi connectivity index (χ4n) is 1.05. The van der Waals surface area contributed by atoms with Gasteiger partial charge in [0.2, 0.25) is 0 Å². The maximum Gasteiger partial charge on any atom is 0.387 e. The zero-order valence-electron chi connectivity index (χ0n) is 7.71. The van der Waals surface area contributed by atoms with E-state index in [1.165, 1.54) is 12.1 Å². The number of aliphatic carboxylic acids is 1. The van der Waals surface area contributed by atoms with E-state index in [4.69, 9.17) is 16.7 Å². The molecule has 0 atom stereocenters. The van der Waals surface area contributed by atoms with Crippen LogP contribution in [0.3, 0.4) is 0 Å². The molecule has 1 aromatic carbocycles. The van der Waals surface area contributed by atoms with Gasteiger partial charge in [-0.2, -0.15) is 8.78 Å². The van der Waals surface area contributed by atoms with E-state index in [0.717, 1.165) is 0 Å². The smallest absolute Gasteiger partial charge is 0.387 e. The monoisotopic (exact) mass is 314 g/mol. The fraction of sp³-hybridized carbons (Fsp3) is 0.222. The van der Waals surface area contributed by atoms with Crippen LogP contribution in [-0.2, 0) is 11.2 Å². The molecular weight excluding hydrogens is 309 g/mol. The minimum atomic E-state index is -2.98. The molecule has 3 nitrogen and oxygen atoms in total. The highest BCUT2D eigenvalue weighted by atomic mass is 79.9. The van der Waals surface area contributed by atoms with Gasteiger partial charge in [-0.1, -0.05) is 27.5 Å². The number of hydrogen-bond donors (Lipinski definition) is 1. The first-order valence-corrected chi connectivity index (χ1v) is 5.21. The summed E-state index contributed by atoms with van der Waals surface area (Å²) in [7, 11) is 0. The Morgan fingerprint density at radius 3 is 2.69 bits per heavy atom. The summed E-state index contributed by atoms with van der Waals surface area (Å²) in [4.78, 5) is 10.5. The molecule has 0 heterocycles. The predicted molar refractivity (Wildman–Crippen MR) is 57.1 cm³/mol. The molecule has 1 rings (SSSR count). The normalized spacial score (nSPS) is 10.6. The molecule has 7 heteroatoms. The maximum atomic E-state index is 12.0. The molecular formula is C9H6BrClF2O3. The van der Waals surface area contributed by atoms with Gasteiger partial charge in [0.25, 0.3) is 0 Å². The Hall–Kier alpha value is -0.880. The van der Waals surface area contributed by atoms with Crippen molar-refractivity contribution in [3.63, 3.8) is 0 Å². The fourth-order valence-corrected chi connectivity index (χ4v) is 1.75. The van der Waals surface area contributed by atoms with E-state index in [1.807, 2.05) is 0 Å². The molecule has 0 radical (unpaired) electrons. The van der Waals surface area contributed by atoms with Gasteiger partial charge < -0.3 is 9.84 Å². The molecule has 0 bridgehead atoms. The number of benzene rings is 1. The van der Waals surface area contributed by atoms with Crippen molar-refractivity contribution < 1.29 is 23.4 Å². The lowest BCUT2D eigenvalue weighted by Gasteiger charge is -2.09. The number of rotatable bonds is 4. The number of ether oxygens (including phenoxy) is 1. The Balaban J connectivity index is 3.01. The standard InChI is InChI=1S/C9H6BrClF2O3/c10-5-3-7(16-9(12)13)6(11)1-4(5)2-8(14)15/h1,3,9H,2H2,(H,14,15). The van der Waals surface area contributed by atoms with Crippen LogP contribution >= 0.6 is 27.5 Å². The van der Waals surface area contributed by atoms with E-state index in [9.17, 15) is 13.6 Å². The van der Waals surface area contributed by atoms with E-state index < -0.39 is 12.6 Å². The molecule has 0 unspecified atom stereocenters. The summed E-state index contributed by atoms with van der Waals surface area (Å²) in [6, 6.07) is 2.49. The molecule has 1 aromatic rings. The molecule has 0 aliphatic heterocycles. The molecule has 0 aliphatic rings. The largest absolute Gasteiger partial charge is 0.481 e. The predicted octanol–water partition coefficient (Wildman–Crippen LogP) is 3.33. The van der Waals surface area contributed by atoms with Gasteiger partial charge in [0.15, 0.2) is 0 Å². The lowest BCUT2D eigenvalue weighted by atomic mass is 10.1. The molecule has 16 heavy (non-hydrogen) atoms. The van der Waals surface area contributed by atoms with E-state index >= 15 is 0 Å². The first kappa shape index (κ1) is 13.2. The molecule has 0 aliphatic carbocycles. The third-order valence-electron chi connectivity index (χ3n) is 1.66. The molecule has 1 N–H and O–H groups in total. The summed E-state index contributed by atoms with van der Waals surface area (Å²) < 4.78 is 28.4. The maximum absolute atomic E-state index is 12.0. The Bertz CT molecular complexity index is 412. The van der Waals surface area contributed by atoms with Gasteiger partial charge in [-0.15, -0.1) is 0 Å². The van der Waals surface area contributed by atoms with E-state index in [0.29, 0.717) is 10.0 Å². The molecule has 88 valence electrons. The number of carbonyl (C=O) groups is 1. The Labute approximate surface area is 103 Å². The minimum absolute atomic E-state index is 0.0558. The Kier molecular flexibility index (Phi) is 4.49. The van der Waals surface area contributed by atoms with Crippen molar-refractivity contribution in [2.45, 2.75) is 13.0 Å². The molecule has 0 amide bonds. The summed E-state index contributed by atoms with van der Waals surface area (Å²) in [5, 5.41) is 8.53. The number of carboxylic acids is 1. The van der Waals surface area contributed by atoms with Crippen molar-refractivity contribution in [3.05, 3.63) is 27.2 Å². The van der Waals surface area contributed by atoms with Gasteiger partial charge in [-0.25, -0.2) is 0 Å². The van der Waals surface area contributed by atoms with Crippen LogP contribution in [0.4, 0.5) is 8.78 Å². The average Bonchev–Trinajstić information content (AvgIpc) is 2.11. The van der Waals surface area contributed by atoms with Crippen molar-refractivity contribution in [2.75, 3.05) is 0 Å². The lowest BCUT2D eigenvalue weighted by molar-refractivity contribution is -0.136. The van der Waals surface area contributed by atoms with Crippen LogP contribution in [0.2, 0.25) is 5.02 Å². The second kappa shape index (κ2) is 5.45. The highest BCUT2D eigenvalue weighted by molar-refractivity contribution is 9.10. The number of carboxylic acid groups (broad SMARTS) is 1. The quantitative estimate of drug-likeness (QED) is 0.927. The summed E-state index contributed by atoms with van der Waals surface area (Å²) in [5.41, 5.74) is 0.388. The minimum Gasteiger partial charge on any atom is -0.481 e. The van der Waals surface area contributed by atoms with Crippen LogP contribution in [-0.4, -0.2) is 17.7 Å². The number of alkyl halides is 2. The van der Waals surface area contributed by atoms with Gasteiger partial charge in [0.05, 0.1) is 11.4 Å². The van der Waals surface area contributed by atoms with Crippen LogP contribution in [0, 0.1) is 0 Å². The van der Waals surface area contributed by atoms with Crippen LogP contribution in [0.5, 0.6) is 5.75 Å². The van der Waals surface area contributed by atoms with Gasteiger partial charge in [0, 0.05) is 4.47 Å². The third-order valence-corrected chi connectivity index (χ3v) is 2.69. The number of halogens is 4. The molecule has 0 spiro atoms. The first-order valence-electron chi connectivity index (χ1n) is 4.04. The average molecular weight is 315 g/mol. The lowest BCUT2D eigenvalue weighted by Crippen LogP contribution is -2.04. The topological polar surface area (TPSA) is 46.5 Å². The van der Waals surface area contributed by atoms with Crippen molar-refractivity contribution >= 4 is 33.5 Å². The molecule has 0 saturated heterocycles. The van der Waals surface area contributed by atoms with Gasteiger partial charge >= 0.3 is 12.6 Å². The van der Waals surface area contributed by atoms with E-state index in [1.54, 1.807) is 0 Å². The SMILES string of the molecule is O=C(O)Cc1cc(Cl)c(OC(F)F)cc1Br. The van der Waals surface area contributed by atoms with Gasteiger partial charge in [-0.3, -0.25) is 4.79 Å². The van der Waals surface area contributed by atoms with Crippen molar-refractivity contribution in [1.29, 1.82) is 0 Å². The van der Waals surface area contributed by atoms with Crippen LogP contribution in [0.25, 0.3) is 0 Å². The highest BCUT2D eigenvalue weighted by Crippen LogP contribution is 2.32. The zero-order chi connectivity index (χ0) is 12.3. The molecule has 0 aromatic heterocycles. The van der Waals surface area contributed by atoms with Gasteiger partial charge in [0.1, 0.15) is 5.75 Å². The highest BCUT2D eigenvalue weighted by Gasteiger charge is 2.13. The third kappa shape index (κ3) is 3.61. The van der Waals surface area contributed by atoms with Crippen LogP contribution in [0.15, 0.2) is 16.6 Å². The van der Waals surface area contributed by atoms with Crippen molar-refractivity contribution in [1.82, 2.24) is 0 Å². The summed E-state index contributed by atoms with van der Waals surface area (Å²) >= 11 is 8.71. The van der Waals surface area contributed by atoms with E-state index in [-0.39, 0.29) is 17.2 Å². The van der Waals surface area contributed by atoms with Crippen LogP contribution in [0.1, 0.15) is 5.56 Å². The second-order valence-electron chi connectivity index (χ2n) is 2.82. The zero-order valence-corrected chi connectivity index (χ0v) is 10.1. The summed E-state index contributed by atoms with van der Waals surface area (Å²) in [6.07, 6.45) is -0.255. The van der Waals surface area contributed by atoms with Crippen molar-refractivity contribution in [3.8, 4) is 5.75 Å². The second-order valence-corrected chi connectivity index (χ2v) is 4.08. The summed E-state index contributed by atoms with van der Waals surface area (Å²) in [6.45, 7) is -2.98. The number of hydrogen-bond acceptors (Lipinski definition) is 2. The Morgan fingerprint density at radius 1 is 1.56 bits per heavy atom. The van der Waals surface area contributed by atoms with Crippen molar-refractivity contribution in [2.24, 2.45) is 0 Å². The van der Waals surface area contributed by atoms with Gasteiger partial charge in [-0.05, 0) is 17.7 Å². The first-order chi connectivity index (χ1) is 7.40. The van der Waals surface area contributed by atoms with E-state index in [2.05, 4.69) is 20.7 Å². The summed E-state index contributed by atoms with van der Waals surface area (Å²) in [5.74, 6) is -1.24. The molecule has 0 fully saturated rings. The Morgan fingerprint density at radius 2 is 2.19 bits per heavy atom. The van der Waals surface area contributed by atoms with Crippen LogP contribution < -0.4 is 4.74 Å². The molecule has 0 saturated carbocycles.